The first-order valence-electron chi connectivity index (χ1n) is 14.1. The van der Waals surface area contributed by atoms with E-state index in [1.807, 2.05) is 61.5 Å². The van der Waals surface area contributed by atoms with Crippen molar-refractivity contribution in [2.24, 2.45) is 0 Å². The summed E-state index contributed by atoms with van der Waals surface area (Å²) in [5.74, 6) is -0.266. The van der Waals surface area contributed by atoms with E-state index in [1.165, 1.54) is 0 Å². The number of likely N-dealkylation sites (tertiary alicyclic amines) is 1. The number of carbonyl (C=O) groups excluding carboxylic acids is 2. The van der Waals surface area contributed by atoms with Gasteiger partial charge in [-0.25, -0.2) is 0 Å². The molecule has 3 aromatic rings. The Bertz CT molecular complexity index is 1370. The second-order valence-electron chi connectivity index (χ2n) is 10.2. The number of hydrogen-bond acceptors (Lipinski definition) is 7. The standard InChI is InChI=1S/C33H36N2O6/c1-2-19-40-28-10-6-9-26(22-28)31(36)29-30(35(33(38)32(29)37)16-15-34-17-20-39-21-18-34)25-11-13-27(14-12-25)41-23-24-7-4-3-5-8-24/h3-14,22,30,36H,2,15-21,23H2,1H3. The number of aliphatic hydroxyl groups excluding tert-OH is 1. The minimum Gasteiger partial charge on any atom is -0.507 e. The molecular weight excluding hydrogens is 520 g/mol. The van der Waals surface area contributed by atoms with Crippen LogP contribution in [-0.4, -0.2) is 72.6 Å². The zero-order valence-electron chi connectivity index (χ0n) is 23.3. The maximum atomic E-state index is 13.4. The van der Waals surface area contributed by atoms with Gasteiger partial charge in [0.25, 0.3) is 11.7 Å². The summed E-state index contributed by atoms with van der Waals surface area (Å²) >= 11 is 0. The number of hydrogen-bond donors (Lipinski definition) is 1. The summed E-state index contributed by atoms with van der Waals surface area (Å²) in [7, 11) is 0. The molecule has 1 N–H and O–H groups in total. The Morgan fingerprint density at radius 1 is 0.902 bits per heavy atom. The number of amides is 1. The van der Waals surface area contributed by atoms with Gasteiger partial charge in [-0.15, -0.1) is 0 Å². The SMILES string of the molecule is CCCOc1cccc(C(O)=C2C(=O)C(=O)N(CCN3CCOCC3)C2c2ccc(OCc3ccccc3)cc2)c1. The van der Waals surface area contributed by atoms with Crippen molar-refractivity contribution in [3.05, 3.63) is 101 Å². The Balaban J connectivity index is 1.45. The Labute approximate surface area is 240 Å². The van der Waals surface area contributed by atoms with Gasteiger partial charge in [0.1, 0.15) is 23.9 Å². The highest BCUT2D eigenvalue weighted by Crippen LogP contribution is 2.40. The van der Waals surface area contributed by atoms with E-state index >= 15 is 0 Å². The van der Waals surface area contributed by atoms with Crippen LogP contribution in [0.5, 0.6) is 11.5 Å². The van der Waals surface area contributed by atoms with E-state index in [2.05, 4.69) is 4.90 Å². The van der Waals surface area contributed by atoms with Gasteiger partial charge >= 0.3 is 0 Å². The first-order chi connectivity index (χ1) is 20.0. The highest BCUT2D eigenvalue weighted by atomic mass is 16.5. The Morgan fingerprint density at radius 3 is 2.39 bits per heavy atom. The highest BCUT2D eigenvalue weighted by molar-refractivity contribution is 6.46. The average Bonchev–Trinajstić information content (AvgIpc) is 3.28. The molecule has 2 aliphatic rings. The number of morpholine rings is 1. The quantitative estimate of drug-likeness (QED) is 0.206. The van der Waals surface area contributed by atoms with Crippen molar-refractivity contribution >= 4 is 17.4 Å². The third kappa shape index (κ3) is 6.78. The van der Waals surface area contributed by atoms with Gasteiger partial charge in [-0.1, -0.05) is 61.5 Å². The van der Waals surface area contributed by atoms with Crippen LogP contribution in [0.25, 0.3) is 5.76 Å². The summed E-state index contributed by atoms with van der Waals surface area (Å²) < 4.78 is 17.1. The number of carbonyl (C=O) groups is 2. The van der Waals surface area contributed by atoms with Gasteiger partial charge in [0.2, 0.25) is 0 Å². The van der Waals surface area contributed by atoms with Crippen molar-refractivity contribution in [2.45, 2.75) is 26.0 Å². The number of nitrogens with zero attached hydrogens (tertiary/aromatic N) is 2. The van der Waals surface area contributed by atoms with Crippen molar-refractivity contribution < 1.29 is 28.9 Å². The number of rotatable bonds is 11. The fourth-order valence-corrected chi connectivity index (χ4v) is 5.13. The van der Waals surface area contributed by atoms with Crippen molar-refractivity contribution in [3.63, 3.8) is 0 Å². The molecule has 2 aliphatic heterocycles. The number of ketones is 1. The van der Waals surface area contributed by atoms with Crippen LogP contribution < -0.4 is 9.47 Å². The van der Waals surface area contributed by atoms with E-state index in [0.717, 1.165) is 30.6 Å². The first-order valence-corrected chi connectivity index (χ1v) is 14.1. The van der Waals surface area contributed by atoms with E-state index in [4.69, 9.17) is 14.2 Å². The molecule has 0 saturated carbocycles. The zero-order chi connectivity index (χ0) is 28.6. The van der Waals surface area contributed by atoms with Crippen LogP contribution in [0.2, 0.25) is 0 Å². The second-order valence-corrected chi connectivity index (χ2v) is 10.2. The molecule has 0 radical (unpaired) electrons. The fourth-order valence-electron chi connectivity index (χ4n) is 5.13. The molecule has 2 saturated heterocycles. The first kappa shape index (κ1) is 28.4. The van der Waals surface area contributed by atoms with Gasteiger partial charge in [-0.2, -0.15) is 0 Å². The summed E-state index contributed by atoms with van der Waals surface area (Å²) in [4.78, 5) is 30.6. The maximum absolute atomic E-state index is 13.4. The summed E-state index contributed by atoms with van der Waals surface area (Å²) in [6, 6.07) is 23.5. The Morgan fingerprint density at radius 2 is 1.66 bits per heavy atom. The van der Waals surface area contributed by atoms with E-state index in [1.54, 1.807) is 29.2 Å². The molecular formula is C33H36N2O6. The lowest BCUT2D eigenvalue weighted by Gasteiger charge is -2.31. The molecule has 0 bridgehead atoms. The molecule has 0 aliphatic carbocycles. The van der Waals surface area contributed by atoms with Crippen LogP contribution in [0.4, 0.5) is 0 Å². The molecule has 8 heteroatoms. The second kappa shape index (κ2) is 13.5. The molecule has 0 spiro atoms. The van der Waals surface area contributed by atoms with Gasteiger partial charge in [-0.3, -0.25) is 14.5 Å². The average molecular weight is 557 g/mol. The predicted octanol–water partition coefficient (Wildman–Crippen LogP) is 4.81. The van der Waals surface area contributed by atoms with E-state index < -0.39 is 17.7 Å². The van der Waals surface area contributed by atoms with Crippen molar-refractivity contribution in [1.29, 1.82) is 0 Å². The Kier molecular flexibility index (Phi) is 9.33. The van der Waals surface area contributed by atoms with E-state index in [9.17, 15) is 14.7 Å². The summed E-state index contributed by atoms with van der Waals surface area (Å²) in [5.41, 5.74) is 2.27. The number of aliphatic hydroxyl groups is 1. The smallest absolute Gasteiger partial charge is 0.295 e. The molecule has 8 nitrogen and oxygen atoms in total. The third-order valence-electron chi connectivity index (χ3n) is 7.33. The van der Waals surface area contributed by atoms with Gasteiger partial charge in [0.05, 0.1) is 31.4 Å². The van der Waals surface area contributed by atoms with Crippen molar-refractivity contribution in [3.8, 4) is 11.5 Å². The minimum absolute atomic E-state index is 0.0718. The molecule has 41 heavy (non-hydrogen) atoms. The van der Waals surface area contributed by atoms with Gasteiger partial charge in [0, 0.05) is 31.7 Å². The van der Waals surface area contributed by atoms with Gasteiger partial charge in [-0.05, 0) is 41.8 Å². The monoisotopic (exact) mass is 556 g/mol. The predicted molar refractivity (Wildman–Crippen MR) is 156 cm³/mol. The van der Waals surface area contributed by atoms with Crippen LogP contribution >= 0.6 is 0 Å². The lowest BCUT2D eigenvalue weighted by atomic mass is 9.95. The van der Waals surface area contributed by atoms with Gasteiger partial charge in [0.15, 0.2) is 0 Å². The van der Waals surface area contributed by atoms with Crippen LogP contribution in [0.3, 0.4) is 0 Å². The van der Waals surface area contributed by atoms with Crippen LogP contribution in [-0.2, 0) is 20.9 Å². The molecule has 2 fully saturated rings. The highest BCUT2D eigenvalue weighted by Gasteiger charge is 2.46. The van der Waals surface area contributed by atoms with Crippen molar-refractivity contribution in [1.82, 2.24) is 9.80 Å². The largest absolute Gasteiger partial charge is 0.507 e. The topological polar surface area (TPSA) is 88.5 Å². The van der Waals surface area contributed by atoms with Crippen LogP contribution in [0.1, 0.15) is 36.1 Å². The molecule has 2 heterocycles. The molecule has 3 aromatic carbocycles. The number of Topliss-reactive ketones (excluding diaryl/α,β-unsaturated/α-hetero) is 1. The number of ether oxygens (including phenoxy) is 3. The molecule has 0 aromatic heterocycles. The van der Waals surface area contributed by atoms with Crippen molar-refractivity contribution in [2.75, 3.05) is 46.0 Å². The lowest BCUT2D eigenvalue weighted by Crippen LogP contribution is -2.42. The Hall–Kier alpha value is -4.14. The molecule has 1 amide bonds. The molecule has 1 atom stereocenters. The molecule has 1 unspecified atom stereocenters. The van der Waals surface area contributed by atoms with Gasteiger partial charge < -0.3 is 24.2 Å². The van der Waals surface area contributed by atoms with Crippen LogP contribution in [0.15, 0.2) is 84.4 Å². The van der Waals surface area contributed by atoms with Crippen LogP contribution in [0, 0.1) is 0 Å². The van der Waals surface area contributed by atoms with E-state index in [0.29, 0.717) is 56.6 Å². The summed E-state index contributed by atoms with van der Waals surface area (Å²) in [6.07, 6.45) is 0.843. The fraction of sp³-hybridized carbons (Fsp3) is 0.333. The number of benzene rings is 3. The lowest BCUT2D eigenvalue weighted by molar-refractivity contribution is -0.140. The summed E-state index contributed by atoms with van der Waals surface area (Å²) in [6.45, 7) is 6.75. The zero-order valence-corrected chi connectivity index (χ0v) is 23.3. The maximum Gasteiger partial charge on any atom is 0.295 e. The molecule has 5 rings (SSSR count). The normalized spacial score (nSPS) is 19.0. The van der Waals surface area contributed by atoms with E-state index in [-0.39, 0.29) is 11.3 Å². The molecule has 214 valence electrons. The third-order valence-corrected chi connectivity index (χ3v) is 7.33. The minimum atomic E-state index is -0.737. The summed E-state index contributed by atoms with van der Waals surface area (Å²) in [5, 5.41) is 11.5.